The van der Waals surface area contributed by atoms with Crippen LogP contribution in [0.4, 0.5) is 8.78 Å². The van der Waals surface area contributed by atoms with Gasteiger partial charge in [0, 0.05) is 18.2 Å². The zero-order valence-electron chi connectivity index (χ0n) is 13.5. The standard InChI is InChI=1S/C16H13F2N4O2.Cs/c17-16(18)5-10(6-19)22(9-16)14(23)8-21-15(24)12-7-20-13-4-2-1-3-11(12)13;/h1,3-4,7,10,20H,5,8-9H2,(H,21,24);/q-1;+1/t10-;/m0./s1. The molecule has 2 heterocycles. The molecule has 1 aromatic heterocycles. The molecule has 0 saturated carbocycles. The van der Waals surface area contributed by atoms with E-state index in [1.54, 1.807) is 24.3 Å². The van der Waals surface area contributed by atoms with Gasteiger partial charge in [-0.3, -0.25) is 9.59 Å². The van der Waals surface area contributed by atoms with Crippen LogP contribution in [0.3, 0.4) is 0 Å². The summed E-state index contributed by atoms with van der Waals surface area (Å²) < 4.78 is 26.7. The Morgan fingerprint density at radius 2 is 2.28 bits per heavy atom. The van der Waals surface area contributed by atoms with Crippen molar-refractivity contribution in [2.45, 2.75) is 18.4 Å². The van der Waals surface area contributed by atoms with E-state index >= 15 is 0 Å². The van der Waals surface area contributed by atoms with Crippen LogP contribution >= 0.6 is 0 Å². The van der Waals surface area contributed by atoms with Crippen LogP contribution in [0.25, 0.3) is 10.9 Å². The second kappa shape index (κ2) is 8.20. The molecule has 1 aliphatic rings. The molecule has 1 aromatic carbocycles. The maximum atomic E-state index is 13.3. The van der Waals surface area contributed by atoms with Crippen molar-refractivity contribution < 1.29 is 87.3 Å². The summed E-state index contributed by atoms with van der Waals surface area (Å²) in [5, 5.41) is 12.0. The number of H-pyrrole nitrogens is 1. The van der Waals surface area contributed by atoms with Crippen molar-refractivity contribution in [2.24, 2.45) is 0 Å². The monoisotopic (exact) mass is 464 g/mol. The van der Waals surface area contributed by atoms with Gasteiger partial charge in [-0.1, -0.05) is 10.9 Å². The molecule has 124 valence electrons. The van der Waals surface area contributed by atoms with Gasteiger partial charge < -0.3 is 15.2 Å². The van der Waals surface area contributed by atoms with Gasteiger partial charge in [0.1, 0.15) is 6.04 Å². The van der Waals surface area contributed by atoms with Gasteiger partial charge in [0.15, 0.2) is 0 Å². The SMILES string of the molecule is N#C[C@@H]1CC(F)(F)CN1C(=O)CNC(=O)c1c[nH]c2c[c-]ccc12.[Cs+]. The fourth-order valence-corrected chi connectivity index (χ4v) is 2.75. The van der Waals surface area contributed by atoms with E-state index in [1.165, 1.54) is 6.20 Å². The number of halogens is 2. The van der Waals surface area contributed by atoms with Crippen LogP contribution in [0.1, 0.15) is 16.8 Å². The summed E-state index contributed by atoms with van der Waals surface area (Å²) in [6.07, 6.45) is 0.822. The number of rotatable bonds is 3. The van der Waals surface area contributed by atoms with Crippen molar-refractivity contribution in [3.8, 4) is 6.07 Å². The Bertz CT molecular complexity index is 846. The third-order valence-electron chi connectivity index (χ3n) is 3.91. The molecule has 25 heavy (non-hydrogen) atoms. The van der Waals surface area contributed by atoms with E-state index in [0.717, 1.165) is 10.4 Å². The topological polar surface area (TPSA) is 89.0 Å². The molecule has 1 atom stereocenters. The van der Waals surface area contributed by atoms with E-state index in [4.69, 9.17) is 5.26 Å². The van der Waals surface area contributed by atoms with E-state index in [9.17, 15) is 18.4 Å². The summed E-state index contributed by atoms with van der Waals surface area (Å²) >= 11 is 0. The van der Waals surface area contributed by atoms with E-state index in [0.29, 0.717) is 10.9 Å². The summed E-state index contributed by atoms with van der Waals surface area (Å²) in [7, 11) is 0. The number of carbonyl (C=O) groups excluding carboxylic acids is 2. The number of likely N-dealkylation sites (tertiary alicyclic amines) is 1. The van der Waals surface area contributed by atoms with Gasteiger partial charge in [0.2, 0.25) is 5.91 Å². The second-order valence-electron chi connectivity index (χ2n) is 5.58. The number of nitrogens with one attached hydrogen (secondary N) is 2. The Kier molecular flexibility index (Phi) is 6.69. The van der Waals surface area contributed by atoms with Crippen molar-refractivity contribution >= 4 is 22.7 Å². The van der Waals surface area contributed by atoms with E-state index < -0.39 is 43.3 Å². The Morgan fingerprint density at radius 1 is 1.52 bits per heavy atom. The number of alkyl halides is 2. The van der Waals surface area contributed by atoms with Crippen LogP contribution in [-0.4, -0.2) is 46.8 Å². The Morgan fingerprint density at radius 3 is 3.00 bits per heavy atom. The zero-order valence-corrected chi connectivity index (χ0v) is 19.8. The van der Waals surface area contributed by atoms with Gasteiger partial charge in [-0.15, -0.1) is 0 Å². The van der Waals surface area contributed by atoms with Gasteiger partial charge in [0.05, 0.1) is 19.2 Å². The maximum absolute atomic E-state index is 13.3. The van der Waals surface area contributed by atoms with Gasteiger partial charge in [0.25, 0.3) is 11.8 Å². The first-order valence-corrected chi connectivity index (χ1v) is 7.23. The van der Waals surface area contributed by atoms with Crippen molar-refractivity contribution in [1.82, 2.24) is 15.2 Å². The molecule has 2 aromatic rings. The predicted molar refractivity (Wildman–Crippen MR) is 80.1 cm³/mol. The van der Waals surface area contributed by atoms with Gasteiger partial charge in [-0.25, -0.2) is 8.78 Å². The van der Waals surface area contributed by atoms with Crippen LogP contribution in [0.2, 0.25) is 0 Å². The molecule has 1 fully saturated rings. The molecular weight excluding hydrogens is 451 g/mol. The Labute approximate surface area is 201 Å². The molecule has 0 unspecified atom stereocenters. The smallest absolute Gasteiger partial charge is 0.413 e. The van der Waals surface area contributed by atoms with Gasteiger partial charge >= 0.3 is 68.9 Å². The summed E-state index contributed by atoms with van der Waals surface area (Å²) in [5.41, 5.74) is 1.06. The molecule has 3 rings (SSSR count). The number of aromatic nitrogens is 1. The van der Waals surface area contributed by atoms with Crippen LogP contribution in [-0.2, 0) is 4.79 Å². The van der Waals surface area contributed by atoms with Crippen LogP contribution < -0.4 is 74.2 Å². The number of nitriles is 1. The summed E-state index contributed by atoms with van der Waals surface area (Å²) in [6.45, 7) is -1.25. The van der Waals surface area contributed by atoms with Crippen LogP contribution in [0, 0.1) is 17.4 Å². The molecule has 1 saturated heterocycles. The number of aromatic amines is 1. The maximum Gasteiger partial charge on any atom is 1.00 e. The Balaban J connectivity index is 0.00000225. The first-order chi connectivity index (χ1) is 11.4. The minimum atomic E-state index is -3.08. The number of fused-ring (bicyclic) bond motifs is 1. The Hall–Kier alpha value is -0.898. The molecule has 0 spiro atoms. The molecule has 0 aliphatic carbocycles. The molecule has 2 N–H and O–H groups in total. The second-order valence-corrected chi connectivity index (χ2v) is 5.58. The number of benzene rings is 1. The number of amides is 2. The minimum absolute atomic E-state index is 0. The molecule has 1 aliphatic heterocycles. The number of hydrogen-bond donors (Lipinski definition) is 2. The molecule has 0 radical (unpaired) electrons. The predicted octanol–water partition coefficient (Wildman–Crippen LogP) is -1.54. The van der Waals surface area contributed by atoms with E-state index in [1.807, 2.05) is 0 Å². The third kappa shape index (κ3) is 4.45. The summed E-state index contributed by atoms with van der Waals surface area (Å²) in [4.78, 5) is 28.0. The normalized spacial score (nSPS) is 18.4. The fraction of sp³-hybridized carbons (Fsp3) is 0.312. The minimum Gasteiger partial charge on any atom is -0.413 e. The van der Waals surface area contributed by atoms with Gasteiger partial charge in [-0.05, 0) is 0 Å². The van der Waals surface area contributed by atoms with E-state index in [2.05, 4.69) is 16.4 Å². The van der Waals surface area contributed by atoms with Crippen LogP contribution in [0.15, 0.2) is 24.4 Å². The van der Waals surface area contributed by atoms with Crippen LogP contribution in [0.5, 0.6) is 0 Å². The number of nitrogens with zero attached hydrogens (tertiary/aromatic N) is 2. The third-order valence-corrected chi connectivity index (χ3v) is 3.91. The molecule has 9 heteroatoms. The average molecular weight is 464 g/mol. The van der Waals surface area contributed by atoms with Gasteiger partial charge in [-0.2, -0.15) is 29.5 Å². The van der Waals surface area contributed by atoms with Crippen molar-refractivity contribution in [2.75, 3.05) is 13.1 Å². The number of hydrogen-bond acceptors (Lipinski definition) is 3. The molecule has 0 bridgehead atoms. The summed E-state index contributed by atoms with van der Waals surface area (Å²) in [5.74, 6) is -4.28. The first-order valence-electron chi connectivity index (χ1n) is 7.23. The average Bonchev–Trinajstić information content (AvgIpc) is 3.12. The van der Waals surface area contributed by atoms with E-state index in [-0.39, 0.29) is 68.9 Å². The number of carbonyl (C=O) groups is 2. The fourth-order valence-electron chi connectivity index (χ4n) is 2.75. The van der Waals surface area contributed by atoms with Crippen molar-refractivity contribution in [1.29, 1.82) is 5.26 Å². The quantitative estimate of drug-likeness (QED) is 0.541. The molecule has 6 nitrogen and oxygen atoms in total. The zero-order chi connectivity index (χ0) is 17.3. The summed E-state index contributed by atoms with van der Waals surface area (Å²) in [6, 6.07) is 8.43. The van der Waals surface area contributed by atoms with Crippen molar-refractivity contribution in [3.05, 3.63) is 36.0 Å². The first kappa shape index (κ1) is 20.4. The molecular formula is C16H13CsF2N4O2. The van der Waals surface area contributed by atoms with Crippen molar-refractivity contribution in [3.63, 3.8) is 0 Å². The molecule has 2 amide bonds. The largest absolute Gasteiger partial charge is 1.00 e.